The van der Waals surface area contributed by atoms with Crippen molar-refractivity contribution in [3.05, 3.63) is 57.3 Å². The number of benzene rings is 1. The number of rotatable bonds is 3. The van der Waals surface area contributed by atoms with Crippen LogP contribution in [0, 0.1) is 6.92 Å². The second kappa shape index (κ2) is 6.00. The molecular weight excluding hydrogens is 280 g/mol. The zero-order chi connectivity index (χ0) is 14.8. The lowest BCUT2D eigenvalue weighted by Gasteiger charge is -2.29. The van der Waals surface area contributed by atoms with Crippen molar-refractivity contribution in [2.45, 2.75) is 32.5 Å². The molecule has 1 aromatic heterocycles. The minimum atomic E-state index is -0.106. The lowest BCUT2D eigenvalue weighted by molar-refractivity contribution is -0.132. The van der Waals surface area contributed by atoms with Crippen LogP contribution in [0.3, 0.4) is 0 Å². The number of likely N-dealkylation sites (N-methyl/N-ethyl adjacent to an activating group) is 1. The number of nitrogens with zero attached hydrogens (tertiary/aromatic N) is 1. The van der Waals surface area contributed by atoms with Crippen LogP contribution >= 0.6 is 11.3 Å². The highest BCUT2D eigenvalue weighted by molar-refractivity contribution is 7.10. The Labute approximate surface area is 129 Å². The Balaban J connectivity index is 1.67. The molecule has 110 valence electrons. The van der Waals surface area contributed by atoms with Gasteiger partial charge in [0.25, 0.3) is 0 Å². The van der Waals surface area contributed by atoms with E-state index in [1.165, 1.54) is 21.6 Å². The van der Waals surface area contributed by atoms with E-state index in [0.29, 0.717) is 6.54 Å². The Morgan fingerprint density at radius 3 is 2.81 bits per heavy atom. The van der Waals surface area contributed by atoms with Crippen molar-refractivity contribution in [3.8, 4) is 0 Å². The molecule has 0 aliphatic carbocycles. The highest BCUT2D eigenvalue weighted by Crippen LogP contribution is 2.20. The van der Waals surface area contributed by atoms with Gasteiger partial charge in [0.15, 0.2) is 0 Å². The molecule has 2 aromatic rings. The number of thiophene rings is 1. The van der Waals surface area contributed by atoms with Gasteiger partial charge in [-0.1, -0.05) is 24.3 Å². The lowest BCUT2D eigenvalue weighted by atomic mass is 9.95. The molecule has 4 heteroatoms. The largest absolute Gasteiger partial charge is 0.339 e. The number of nitrogens with one attached hydrogen (secondary N) is 1. The topological polar surface area (TPSA) is 32.3 Å². The van der Waals surface area contributed by atoms with E-state index in [0.717, 1.165) is 13.0 Å². The van der Waals surface area contributed by atoms with E-state index in [2.05, 4.69) is 35.8 Å². The van der Waals surface area contributed by atoms with Crippen LogP contribution in [-0.4, -0.2) is 23.9 Å². The predicted octanol–water partition coefficient (Wildman–Crippen LogP) is 2.73. The molecule has 1 atom stereocenters. The fourth-order valence-corrected chi connectivity index (χ4v) is 3.71. The van der Waals surface area contributed by atoms with Gasteiger partial charge in [0.1, 0.15) is 0 Å². The average Bonchev–Trinajstić information content (AvgIpc) is 2.91. The summed E-state index contributed by atoms with van der Waals surface area (Å²) in [4.78, 5) is 15.7. The number of hydrogen-bond donors (Lipinski definition) is 1. The summed E-state index contributed by atoms with van der Waals surface area (Å²) >= 11 is 1.72. The summed E-state index contributed by atoms with van der Waals surface area (Å²) in [5.41, 5.74) is 3.86. The molecule has 0 spiro atoms. The second-order valence-corrected chi connectivity index (χ2v) is 6.63. The molecule has 0 fully saturated rings. The molecule has 1 amide bonds. The molecule has 0 saturated heterocycles. The van der Waals surface area contributed by atoms with Gasteiger partial charge in [0.05, 0.1) is 12.6 Å². The molecule has 0 unspecified atom stereocenters. The molecule has 1 N–H and O–H groups in total. The van der Waals surface area contributed by atoms with Crippen LogP contribution in [0.25, 0.3) is 0 Å². The number of carbonyl (C=O) groups excluding carboxylic acids is 1. The maximum absolute atomic E-state index is 12.6. The first-order valence-electron chi connectivity index (χ1n) is 7.23. The number of hydrogen-bond acceptors (Lipinski definition) is 3. The fraction of sp³-hybridized carbons (Fsp3) is 0.353. The van der Waals surface area contributed by atoms with Gasteiger partial charge in [-0.3, -0.25) is 4.79 Å². The number of fused-ring (bicyclic) bond motifs is 1. The van der Waals surface area contributed by atoms with Gasteiger partial charge in [-0.25, -0.2) is 0 Å². The normalized spacial score (nSPS) is 17.3. The van der Waals surface area contributed by atoms with E-state index < -0.39 is 0 Å². The fourth-order valence-electron chi connectivity index (χ4n) is 2.75. The van der Waals surface area contributed by atoms with Crippen molar-refractivity contribution in [1.29, 1.82) is 0 Å². The Bertz CT molecular complexity index is 650. The van der Waals surface area contributed by atoms with Gasteiger partial charge in [0, 0.05) is 18.5 Å². The first kappa shape index (κ1) is 14.3. The lowest BCUT2D eigenvalue weighted by Crippen LogP contribution is -2.47. The van der Waals surface area contributed by atoms with Crippen molar-refractivity contribution in [2.24, 2.45) is 0 Å². The van der Waals surface area contributed by atoms with Crippen LogP contribution in [0.5, 0.6) is 0 Å². The van der Waals surface area contributed by atoms with E-state index in [4.69, 9.17) is 0 Å². The van der Waals surface area contributed by atoms with Crippen molar-refractivity contribution in [3.63, 3.8) is 0 Å². The highest BCUT2D eigenvalue weighted by atomic mass is 32.1. The van der Waals surface area contributed by atoms with Crippen LogP contribution in [0.15, 0.2) is 35.7 Å². The summed E-state index contributed by atoms with van der Waals surface area (Å²) in [5, 5.41) is 5.44. The summed E-state index contributed by atoms with van der Waals surface area (Å²) in [6.45, 7) is 3.57. The van der Waals surface area contributed by atoms with Gasteiger partial charge in [-0.05, 0) is 41.5 Å². The highest BCUT2D eigenvalue weighted by Gasteiger charge is 2.26. The van der Waals surface area contributed by atoms with Crippen LogP contribution in [0.2, 0.25) is 0 Å². The minimum Gasteiger partial charge on any atom is -0.339 e. The molecule has 1 aliphatic rings. The third kappa shape index (κ3) is 3.01. The van der Waals surface area contributed by atoms with Crippen molar-refractivity contribution in [2.75, 3.05) is 7.05 Å². The molecular formula is C17H20N2OS. The van der Waals surface area contributed by atoms with E-state index >= 15 is 0 Å². The van der Waals surface area contributed by atoms with Crippen molar-refractivity contribution >= 4 is 17.2 Å². The third-order valence-corrected chi connectivity index (χ3v) is 5.11. The monoisotopic (exact) mass is 300 g/mol. The maximum Gasteiger partial charge on any atom is 0.240 e. The van der Waals surface area contributed by atoms with Gasteiger partial charge < -0.3 is 10.2 Å². The Hall–Kier alpha value is -1.65. The zero-order valence-corrected chi connectivity index (χ0v) is 13.2. The molecule has 3 rings (SSSR count). The first-order valence-corrected chi connectivity index (χ1v) is 8.11. The summed E-state index contributed by atoms with van der Waals surface area (Å²) < 4.78 is 0. The number of amides is 1. The van der Waals surface area contributed by atoms with Gasteiger partial charge in [0.2, 0.25) is 5.91 Å². The minimum absolute atomic E-state index is 0.106. The van der Waals surface area contributed by atoms with E-state index in [1.807, 2.05) is 24.1 Å². The molecule has 0 saturated carbocycles. The molecule has 0 bridgehead atoms. The second-order valence-electron chi connectivity index (χ2n) is 5.63. The summed E-state index contributed by atoms with van der Waals surface area (Å²) in [7, 11) is 1.89. The molecule has 21 heavy (non-hydrogen) atoms. The maximum atomic E-state index is 12.6. The zero-order valence-electron chi connectivity index (χ0n) is 12.4. The van der Waals surface area contributed by atoms with E-state index in [-0.39, 0.29) is 11.9 Å². The quantitative estimate of drug-likeness (QED) is 0.945. The SMILES string of the molecule is Cc1ccsc1CN(C)C(=O)[C@@H]1Cc2ccccc2CN1. The smallest absolute Gasteiger partial charge is 0.240 e. The van der Waals surface area contributed by atoms with Crippen LogP contribution < -0.4 is 5.32 Å². The van der Waals surface area contributed by atoms with Gasteiger partial charge in [-0.15, -0.1) is 11.3 Å². The third-order valence-electron chi connectivity index (χ3n) is 4.10. The first-order chi connectivity index (χ1) is 10.1. The number of aryl methyl sites for hydroxylation is 1. The van der Waals surface area contributed by atoms with Crippen molar-refractivity contribution < 1.29 is 4.79 Å². The number of carbonyl (C=O) groups is 1. The summed E-state index contributed by atoms with van der Waals surface area (Å²) in [6, 6.07) is 10.3. The average molecular weight is 300 g/mol. The standard InChI is InChI=1S/C17H20N2OS/c1-12-7-8-21-16(12)11-19(2)17(20)15-9-13-5-3-4-6-14(13)10-18-15/h3-8,15,18H,9-11H2,1-2H3/t15-/m0/s1. The van der Waals surface area contributed by atoms with Gasteiger partial charge in [-0.2, -0.15) is 0 Å². The summed E-state index contributed by atoms with van der Waals surface area (Å²) in [5.74, 6) is 0.178. The Kier molecular flexibility index (Phi) is 4.08. The van der Waals surface area contributed by atoms with Crippen LogP contribution in [0.4, 0.5) is 0 Å². The van der Waals surface area contributed by atoms with E-state index in [9.17, 15) is 4.79 Å². The molecule has 0 radical (unpaired) electrons. The van der Waals surface area contributed by atoms with Crippen molar-refractivity contribution in [1.82, 2.24) is 10.2 Å². The molecule has 1 aliphatic heterocycles. The van der Waals surface area contributed by atoms with E-state index in [1.54, 1.807) is 11.3 Å². The van der Waals surface area contributed by atoms with Crippen LogP contribution in [0.1, 0.15) is 21.6 Å². The Morgan fingerprint density at radius 2 is 2.10 bits per heavy atom. The Morgan fingerprint density at radius 1 is 1.33 bits per heavy atom. The van der Waals surface area contributed by atoms with Gasteiger partial charge >= 0.3 is 0 Å². The summed E-state index contributed by atoms with van der Waals surface area (Å²) in [6.07, 6.45) is 0.781. The van der Waals surface area contributed by atoms with Crippen LogP contribution in [-0.2, 0) is 24.3 Å². The molecule has 2 heterocycles. The predicted molar refractivity (Wildman–Crippen MR) is 86.3 cm³/mol. The molecule has 1 aromatic carbocycles. The molecule has 3 nitrogen and oxygen atoms in total.